The lowest BCUT2D eigenvalue weighted by Crippen LogP contribution is -2.27. The van der Waals surface area contributed by atoms with Gasteiger partial charge in [-0.25, -0.2) is 9.59 Å². The van der Waals surface area contributed by atoms with Crippen LogP contribution in [0.3, 0.4) is 0 Å². The number of benzene rings is 4. The highest BCUT2D eigenvalue weighted by Crippen LogP contribution is 2.43. The van der Waals surface area contributed by atoms with Gasteiger partial charge in [0.15, 0.2) is 0 Å². The predicted molar refractivity (Wildman–Crippen MR) is 305 cm³/mol. The lowest BCUT2D eigenvalue weighted by atomic mass is 9.90. The lowest BCUT2D eigenvalue weighted by Gasteiger charge is -2.25. The zero-order valence-corrected chi connectivity index (χ0v) is 47.8. The summed E-state index contributed by atoms with van der Waals surface area (Å²) in [5.74, 6) is 2.14. The van der Waals surface area contributed by atoms with Gasteiger partial charge in [-0.05, 0) is 116 Å². The van der Waals surface area contributed by atoms with E-state index in [0.717, 1.165) is 122 Å². The molecular formula is C62H88N4O10. The van der Waals surface area contributed by atoms with Crippen molar-refractivity contribution in [2.24, 2.45) is 0 Å². The number of ether oxygens (including phenoxy) is 6. The van der Waals surface area contributed by atoms with Crippen molar-refractivity contribution >= 4 is 46.8 Å². The SMILES string of the molecule is CCCCCOc1c2cc(NC(C)=O)cc1Cc1cc(NC(=O)OC(C)(C)C)cc(c1OCCCCC)Cc1cc(NC(=O)OC(C)(C)C)cc(c1OCCCCC)Cc1cc(NC(C)=O)cc(c1OCCCCC)C2. The first-order valence-corrected chi connectivity index (χ1v) is 27.9. The van der Waals surface area contributed by atoms with Crippen LogP contribution in [0, 0.1) is 0 Å². The van der Waals surface area contributed by atoms with E-state index >= 15 is 0 Å². The van der Waals surface area contributed by atoms with Crippen LogP contribution in [0.5, 0.6) is 23.0 Å². The Morgan fingerprint density at radius 2 is 0.579 bits per heavy atom. The molecular weight excluding hydrogens is 961 g/mol. The van der Waals surface area contributed by atoms with Crippen LogP contribution in [-0.2, 0) is 44.7 Å². The normalized spacial score (nSPS) is 12.3. The number of carbonyl (C=O) groups is 4. The maximum atomic E-state index is 13.7. The fourth-order valence-corrected chi connectivity index (χ4v) is 9.27. The predicted octanol–water partition coefficient (Wildman–Crippen LogP) is 15.2. The molecule has 0 saturated heterocycles. The molecule has 0 atom stereocenters. The number of hydrogen-bond acceptors (Lipinski definition) is 10. The number of hydrogen-bond donors (Lipinski definition) is 4. The molecule has 4 aromatic carbocycles. The van der Waals surface area contributed by atoms with Gasteiger partial charge in [0, 0.05) is 107 Å². The van der Waals surface area contributed by atoms with Gasteiger partial charge in [0.2, 0.25) is 11.8 Å². The number of unbranched alkanes of at least 4 members (excludes halogenated alkanes) is 8. The molecule has 76 heavy (non-hydrogen) atoms. The molecule has 0 heterocycles. The third-order valence-electron chi connectivity index (χ3n) is 12.4. The van der Waals surface area contributed by atoms with Crippen molar-refractivity contribution in [3.8, 4) is 23.0 Å². The van der Waals surface area contributed by atoms with Crippen molar-refractivity contribution in [1.82, 2.24) is 0 Å². The minimum Gasteiger partial charge on any atom is -0.493 e. The van der Waals surface area contributed by atoms with E-state index in [1.54, 1.807) is 0 Å². The Morgan fingerprint density at radius 3 is 0.763 bits per heavy atom. The number of carbonyl (C=O) groups excluding carboxylic acids is 4. The Balaban J connectivity index is 1.97. The molecule has 1 aliphatic carbocycles. The first-order valence-electron chi connectivity index (χ1n) is 27.9. The molecule has 0 aromatic heterocycles. The summed E-state index contributed by atoms with van der Waals surface area (Å²) in [6.07, 6.45) is 11.0. The number of fused-ring (bicyclic) bond motifs is 8. The average molecular weight is 1050 g/mol. The highest BCUT2D eigenvalue weighted by Gasteiger charge is 2.27. The largest absolute Gasteiger partial charge is 0.493 e. The molecule has 4 amide bonds. The smallest absolute Gasteiger partial charge is 0.412 e. The van der Waals surface area contributed by atoms with Gasteiger partial charge in [0.1, 0.15) is 34.2 Å². The zero-order valence-electron chi connectivity index (χ0n) is 47.8. The number of rotatable bonds is 24. The second-order valence-electron chi connectivity index (χ2n) is 22.0. The number of amides is 4. The molecule has 0 fully saturated rings. The second-order valence-corrected chi connectivity index (χ2v) is 22.0. The van der Waals surface area contributed by atoms with E-state index in [4.69, 9.17) is 28.4 Å². The summed E-state index contributed by atoms with van der Waals surface area (Å²) in [6, 6.07) is 15.5. The van der Waals surface area contributed by atoms with Crippen LogP contribution in [0.4, 0.5) is 32.3 Å². The van der Waals surface area contributed by atoms with Crippen molar-refractivity contribution in [3.05, 3.63) is 93.0 Å². The molecule has 14 heteroatoms. The molecule has 416 valence electrons. The zero-order chi connectivity index (χ0) is 55.4. The summed E-state index contributed by atoms with van der Waals surface area (Å²) in [5.41, 5.74) is 6.83. The Bertz CT molecular complexity index is 2420. The third kappa shape index (κ3) is 19.6. The van der Waals surface area contributed by atoms with Gasteiger partial charge in [-0.2, -0.15) is 0 Å². The number of nitrogens with one attached hydrogen (secondary N) is 4. The van der Waals surface area contributed by atoms with E-state index in [1.165, 1.54) is 13.8 Å². The summed E-state index contributed by atoms with van der Waals surface area (Å²) in [7, 11) is 0. The second kappa shape index (κ2) is 29.2. The maximum Gasteiger partial charge on any atom is 0.412 e. The Morgan fingerprint density at radius 1 is 0.368 bits per heavy atom. The first kappa shape index (κ1) is 60.4. The van der Waals surface area contributed by atoms with Crippen LogP contribution in [0.2, 0.25) is 0 Å². The average Bonchev–Trinajstić information content (AvgIpc) is 3.30. The van der Waals surface area contributed by atoms with Gasteiger partial charge in [0.05, 0.1) is 26.4 Å². The minimum absolute atomic E-state index is 0.231. The van der Waals surface area contributed by atoms with E-state index < -0.39 is 23.4 Å². The highest BCUT2D eigenvalue weighted by atomic mass is 16.6. The molecule has 5 rings (SSSR count). The summed E-state index contributed by atoms with van der Waals surface area (Å²) >= 11 is 0. The fraction of sp³-hybridized carbons (Fsp3) is 0.548. The van der Waals surface area contributed by atoms with Crippen LogP contribution in [-0.4, -0.2) is 61.6 Å². The van der Waals surface area contributed by atoms with Crippen LogP contribution in [0.25, 0.3) is 0 Å². The van der Waals surface area contributed by atoms with Gasteiger partial charge >= 0.3 is 12.2 Å². The molecule has 4 N–H and O–H groups in total. The van der Waals surface area contributed by atoms with Crippen molar-refractivity contribution in [2.75, 3.05) is 47.7 Å². The summed E-state index contributed by atoms with van der Waals surface area (Å²) < 4.78 is 39.4. The molecule has 4 aromatic rings. The maximum absolute atomic E-state index is 13.7. The molecule has 0 radical (unpaired) electrons. The number of anilines is 4. The van der Waals surface area contributed by atoms with E-state index in [1.807, 2.05) is 90.1 Å². The van der Waals surface area contributed by atoms with Crippen LogP contribution in [0.1, 0.15) is 205 Å². The van der Waals surface area contributed by atoms with E-state index in [0.29, 0.717) is 78.6 Å². The molecule has 0 unspecified atom stereocenters. The minimum atomic E-state index is -0.767. The van der Waals surface area contributed by atoms with Crippen LogP contribution >= 0.6 is 0 Å². The van der Waals surface area contributed by atoms with E-state index in [9.17, 15) is 19.2 Å². The van der Waals surface area contributed by atoms with Crippen LogP contribution in [0.15, 0.2) is 48.5 Å². The van der Waals surface area contributed by atoms with E-state index in [2.05, 4.69) is 49.0 Å². The monoisotopic (exact) mass is 1050 g/mol. The first-order chi connectivity index (χ1) is 36.2. The van der Waals surface area contributed by atoms with Crippen molar-refractivity contribution in [2.45, 2.75) is 197 Å². The van der Waals surface area contributed by atoms with Crippen LogP contribution < -0.4 is 40.2 Å². The molecule has 8 bridgehead atoms. The summed E-state index contributed by atoms with van der Waals surface area (Å²) in [5, 5.41) is 12.2. The lowest BCUT2D eigenvalue weighted by molar-refractivity contribution is -0.115. The Labute approximate surface area is 453 Å². The Kier molecular flexibility index (Phi) is 23.2. The highest BCUT2D eigenvalue weighted by molar-refractivity contribution is 5.90. The van der Waals surface area contributed by atoms with Gasteiger partial charge in [-0.15, -0.1) is 0 Å². The molecule has 0 aliphatic heterocycles. The third-order valence-corrected chi connectivity index (χ3v) is 12.4. The quantitative estimate of drug-likeness (QED) is 0.0436. The molecule has 0 spiro atoms. The summed E-state index contributed by atoms with van der Waals surface area (Å²) in [4.78, 5) is 53.3. The van der Waals surface area contributed by atoms with Gasteiger partial charge in [-0.1, -0.05) is 79.1 Å². The van der Waals surface area contributed by atoms with Gasteiger partial charge in [0.25, 0.3) is 0 Å². The molecule has 1 aliphatic rings. The summed E-state index contributed by atoms with van der Waals surface area (Å²) in [6.45, 7) is 24.3. The molecule has 14 nitrogen and oxygen atoms in total. The van der Waals surface area contributed by atoms with Crippen molar-refractivity contribution in [3.63, 3.8) is 0 Å². The van der Waals surface area contributed by atoms with Gasteiger partial charge < -0.3 is 39.1 Å². The van der Waals surface area contributed by atoms with E-state index in [-0.39, 0.29) is 31.1 Å². The standard InChI is InChI=1S/C62H88N4O10/c1-13-17-21-25-71-55-43-29-44-34-52(64-42(6)68)36-46(56(44)72-26-22-18-14-2)31-48-38-54(66-60(70)76-62(10,11)12)40-50(58(48)74-28-24-20-16-4)32-49-39-53(65-59(69)75-61(7,8)9)37-47(57(49)73-27-23-19-15-3)30-45(55)35-51(33-43)63-41(5)67/h33-40H,13-32H2,1-12H3,(H,63,67)(H,64,68)(H,65,69)(H,66,70). The Hall–Kier alpha value is -6.44. The fourth-order valence-electron chi connectivity index (χ4n) is 9.27. The van der Waals surface area contributed by atoms with Crippen molar-refractivity contribution in [1.29, 1.82) is 0 Å². The van der Waals surface area contributed by atoms with Crippen molar-refractivity contribution < 1.29 is 47.6 Å². The van der Waals surface area contributed by atoms with Gasteiger partial charge in [-0.3, -0.25) is 20.2 Å². The topological polar surface area (TPSA) is 172 Å². The molecule has 0 saturated carbocycles.